The van der Waals surface area contributed by atoms with Crippen molar-refractivity contribution in [3.63, 3.8) is 0 Å². The lowest BCUT2D eigenvalue weighted by molar-refractivity contribution is 0.0953. The van der Waals surface area contributed by atoms with E-state index in [9.17, 15) is 4.79 Å². The van der Waals surface area contributed by atoms with E-state index in [1.807, 2.05) is 18.2 Å². The molecule has 1 aromatic carbocycles. The minimum atomic E-state index is -0.0183. The highest BCUT2D eigenvalue weighted by molar-refractivity contribution is 5.94. The molecule has 0 aliphatic carbocycles. The molecule has 1 aliphatic rings. The van der Waals surface area contributed by atoms with Crippen LogP contribution in [0.15, 0.2) is 18.2 Å². The number of carbonyl (C=O) groups excluding carboxylic acids is 1. The van der Waals surface area contributed by atoms with Crippen molar-refractivity contribution >= 4 is 5.91 Å². The van der Waals surface area contributed by atoms with Crippen molar-refractivity contribution in [3.8, 4) is 5.75 Å². The molecule has 0 atom stereocenters. The van der Waals surface area contributed by atoms with Crippen molar-refractivity contribution in [1.29, 1.82) is 0 Å². The first-order valence-electron chi connectivity index (χ1n) is 6.44. The fourth-order valence-electron chi connectivity index (χ4n) is 1.97. The molecule has 2 N–H and O–H groups in total. The van der Waals surface area contributed by atoms with Crippen LogP contribution in [0.5, 0.6) is 5.75 Å². The van der Waals surface area contributed by atoms with E-state index >= 15 is 0 Å². The molecular weight excluding hydrogens is 228 g/mol. The van der Waals surface area contributed by atoms with Gasteiger partial charge in [-0.25, -0.2) is 0 Å². The van der Waals surface area contributed by atoms with Crippen molar-refractivity contribution in [2.24, 2.45) is 0 Å². The maximum Gasteiger partial charge on any atom is 0.251 e. The van der Waals surface area contributed by atoms with Gasteiger partial charge in [-0.2, -0.15) is 0 Å². The number of hydrogen-bond acceptors (Lipinski definition) is 3. The Bertz CT molecular complexity index is 430. The Hall–Kier alpha value is -1.55. The minimum absolute atomic E-state index is 0.0183. The van der Waals surface area contributed by atoms with E-state index < -0.39 is 0 Å². The number of amides is 1. The Labute approximate surface area is 108 Å². The number of hydrogen-bond donors (Lipinski definition) is 2. The number of carbonyl (C=O) groups is 1. The van der Waals surface area contributed by atoms with E-state index in [2.05, 4.69) is 24.5 Å². The molecule has 1 aliphatic heterocycles. The molecule has 0 fully saturated rings. The van der Waals surface area contributed by atoms with Crippen LogP contribution < -0.4 is 15.4 Å². The van der Waals surface area contributed by atoms with Crippen LogP contribution in [0.25, 0.3) is 0 Å². The summed E-state index contributed by atoms with van der Waals surface area (Å²) in [5.41, 5.74) is 1.84. The van der Waals surface area contributed by atoms with Crippen LogP contribution in [0.3, 0.4) is 0 Å². The molecule has 0 unspecified atom stereocenters. The number of nitrogens with one attached hydrogen (secondary N) is 2. The Balaban J connectivity index is 1.85. The molecule has 0 radical (unpaired) electrons. The smallest absolute Gasteiger partial charge is 0.251 e. The van der Waals surface area contributed by atoms with Crippen molar-refractivity contribution in [2.45, 2.75) is 26.3 Å². The van der Waals surface area contributed by atoms with Crippen molar-refractivity contribution in [1.82, 2.24) is 10.6 Å². The van der Waals surface area contributed by atoms with Crippen molar-refractivity contribution < 1.29 is 9.53 Å². The molecule has 1 amide bonds. The molecular formula is C14H20N2O2. The predicted octanol–water partition coefficient (Wildman–Crippen LogP) is 1.35. The summed E-state index contributed by atoms with van der Waals surface area (Å²) in [6, 6.07) is 6.06. The molecule has 18 heavy (non-hydrogen) atoms. The highest BCUT2D eigenvalue weighted by Gasteiger charge is 2.14. The average Bonchev–Trinajstić information content (AvgIpc) is 2.81. The van der Waals surface area contributed by atoms with Crippen LogP contribution >= 0.6 is 0 Å². The van der Waals surface area contributed by atoms with Gasteiger partial charge in [-0.3, -0.25) is 4.79 Å². The molecule has 2 rings (SSSR count). The lowest BCUT2D eigenvalue weighted by Crippen LogP contribution is -2.34. The number of benzene rings is 1. The van der Waals surface area contributed by atoms with E-state index in [0.29, 0.717) is 18.2 Å². The van der Waals surface area contributed by atoms with Gasteiger partial charge in [-0.1, -0.05) is 13.8 Å². The molecule has 0 aromatic heterocycles. The third-order valence-electron chi connectivity index (χ3n) is 2.91. The summed E-state index contributed by atoms with van der Waals surface area (Å²) in [7, 11) is 0. The molecule has 0 saturated carbocycles. The highest BCUT2D eigenvalue weighted by atomic mass is 16.5. The lowest BCUT2D eigenvalue weighted by atomic mass is 10.1. The number of fused-ring (bicyclic) bond motifs is 1. The Kier molecular flexibility index (Phi) is 4.20. The predicted molar refractivity (Wildman–Crippen MR) is 71.1 cm³/mol. The van der Waals surface area contributed by atoms with E-state index in [1.54, 1.807) is 0 Å². The fourth-order valence-corrected chi connectivity index (χ4v) is 1.97. The summed E-state index contributed by atoms with van der Waals surface area (Å²) < 4.78 is 5.42. The van der Waals surface area contributed by atoms with Gasteiger partial charge < -0.3 is 15.4 Å². The zero-order valence-corrected chi connectivity index (χ0v) is 11.0. The monoisotopic (exact) mass is 248 g/mol. The van der Waals surface area contributed by atoms with Gasteiger partial charge in [-0.05, 0) is 23.8 Å². The first kappa shape index (κ1) is 12.9. The summed E-state index contributed by atoms with van der Waals surface area (Å²) in [6.07, 6.45) is 0.894. The van der Waals surface area contributed by atoms with Gasteiger partial charge in [0.25, 0.3) is 5.91 Å². The Morgan fingerprint density at radius 3 is 3.00 bits per heavy atom. The van der Waals surface area contributed by atoms with Crippen LogP contribution in [0.2, 0.25) is 0 Å². The first-order chi connectivity index (χ1) is 8.66. The van der Waals surface area contributed by atoms with Crippen LogP contribution in [0.4, 0.5) is 0 Å². The van der Waals surface area contributed by atoms with Crippen LogP contribution in [-0.2, 0) is 6.42 Å². The molecule has 1 heterocycles. The highest BCUT2D eigenvalue weighted by Crippen LogP contribution is 2.25. The second-order valence-corrected chi connectivity index (χ2v) is 4.79. The van der Waals surface area contributed by atoms with Gasteiger partial charge in [0, 0.05) is 31.1 Å². The third-order valence-corrected chi connectivity index (χ3v) is 2.91. The Morgan fingerprint density at radius 1 is 1.39 bits per heavy atom. The lowest BCUT2D eigenvalue weighted by Gasteiger charge is -2.09. The molecule has 0 bridgehead atoms. The zero-order chi connectivity index (χ0) is 13.0. The third kappa shape index (κ3) is 3.23. The SMILES string of the molecule is CC(C)NCCNC(=O)c1ccc2c(c1)CCO2. The topological polar surface area (TPSA) is 50.4 Å². The normalized spacial score (nSPS) is 13.3. The second-order valence-electron chi connectivity index (χ2n) is 4.79. The molecule has 0 saturated heterocycles. The average molecular weight is 248 g/mol. The van der Waals surface area contributed by atoms with Gasteiger partial charge in [-0.15, -0.1) is 0 Å². The number of ether oxygens (including phenoxy) is 1. The van der Waals surface area contributed by atoms with Gasteiger partial charge in [0.05, 0.1) is 6.61 Å². The quantitative estimate of drug-likeness (QED) is 0.773. The van der Waals surface area contributed by atoms with Gasteiger partial charge in [0.1, 0.15) is 5.75 Å². The fraction of sp³-hybridized carbons (Fsp3) is 0.500. The molecule has 4 nitrogen and oxygen atoms in total. The second kappa shape index (κ2) is 5.87. The molecule has 4 heteroatoms. The summed E-state index contributed by atoms with van der Waals surface area (Å²) >= 11 is 0. The number of rotatable bonds is 5. The van der Waals surface area contributed by atoms with Gasteiger partial charge in [0.15, 0.2) is 0 Å². The molecule has 98 valence electrons. The summed E-state index contributed by atoms with van der Waals surface area (Å²) in [5, 5.41) is 6.16. The van der Waals surface area contributed by atoms with Gasteiger partial charge in [0.2, 0.25) is 0 Å². The van der Waals surface area contributed by atoms with E-state index in [4.69, 9.17) is 4.74 Å². The minimum Gasteiger partial charge on any atom is -0.493 e. The zero-order valence-electron chi connectivity index (χ0n) is 11.0. The molecule has 1 aromatic rings. The van der Waals surface area contributed by atoms with Crippen molar-refractivity contribution in [2.75, 3.05) is 19.7 Å². The summed E-state index contributed by atoms with van der Waals surface area (Å²) in [6.45, 7) is 6.32. The largest absolute Gasteiger partial charge is 0.493 e. The standard InChI is InChI=1S/C14H20N2O2/c1-10(2)15-6-7-16-14(17)12-3-4-13-11(9-12)5-8-18-13/h3-4,9-10,15H,5-8H2,1-2H3,(H,16,17). The van der Waals surface area contributed by atoms with E-state index in [1.165, 1.54) is 0 Å². The van der Waals surface area contributed by atoms with Crippen LogP contribution in [-0.4, -0.2) is 31.6 Å². The van der Waals surface area contributed by atoms with Crippen molar-refractivity contribution in [3.05, 3.63) is 29.3 Å². The maximum atomic E-state index is 11.9. The van der Waals surface area contributed by atoms with Gasteiger partial charge >= 0.3 is 0 Å². The first-order valence-corrected chi connectivity index (χ1v) is 6.44. The maximum absolute atomic E-state index is 11.9. The van der Waals surface area contributed by atoms with Crippen LogP contribution in [0.1, 0.15) is 29.8 Å². The van der Waals surface area contributed by atoms with Crippen LogP contribution in [0, 0.1) is 0 Å². The van der Waals surface area contributed by atoms with E-state index in [0.717, 1.165) is 30.9 Å². The van der Waals surface area contributed by atoms with E-state index in [-0.39, 0.29) is 5.91 Å². The summed E-state index contributed by atoms with van der Waals surface area (Å²) in [5.74, 6) is 0.892. The molecule has 0 spiro atoms. The summed E-state index contributed by atoms with van der Waals surface area (Å²) in [4.78, 5) is 11.9. The Morgan fingerprint density at radius 2 is 2.22 bits per heavy atom.